The van der Waals surface area contributed by atoms with Gasteiger partial charge in [-0.15, -0.1) is 6.42 Å². The van der Waals surface area contributed by atoms with Gasteiger partial charge in [-0.3, -0.25) is 5.32 Å². The molecule has 0 spiro atoms. The molecule has 0 aliphatic heterocycles. The monoisotopic (exact) mass is 113 g/mol. The van der Waals surface area contributed by atoms with E-state index in [1.54, 1.807) is 0 Å². The van der Waals surface area contributed by atoms with Gasteiger partial charge in [0.15, 0.2) is 0 Å². The SMILES string of the molecule is C#CCNCC(=C)F. The third-order valence-corrected chi connectivity index (χ3v) is 0.544. The summed E-state index contributed by atoms with van der Waals surface area (Å²) in [6, 6.07) is 0. The highest BCUT2D eigenvalue weighted by Gasteiger charge is 1.84. The van der Waals surface area contributed by atoms with Crippen LogP contribution in [0.25, 0.3) is 0 Å². The Kier molecular flexibility index (Phi) is 3.91. The molecule has 0 aromatic rings. The first kappa shape index (κ1) is 7.19. The van der Waals surface area contributed by atoms with Gasteiger partial charge in [0, 0.05) is 6.54 Å². The van der Waals surface area contributed by atoms with Crippen molar-refractivity contribution in [3.8, 4) is 12.3 Å². The molecule has 0 aromatic carbocycles. The molecular weight excluding hydrogens is 105 g/mol. The van der Waals surface area contributed by atoms with Crippen LogP contribution in [0.2, 0.25) is 0 Å². The Labute approximate surface area is 48.6 Å². The zero-order valence-electron chi connectivity index (χ0n) is 4.58. The molecular formula is C6H8FN. The Balaban J connectivity index is 2.97. The molecule has 0 saturated heterocycles. The number of hydrogen-bond acceptors (Lipinski definition) is 1. The Morgan fingerprint density at radius 2 is 2.50 bits per heavy atom. The van der Waals surface area contributed by atoms with E-state index in [2.05, 4.69) is 17.8 Å². The average molecular weight is 113 g/mol. The highest BCUT2D eigenvalue weighted by Crippen LogP contribution is 1.83. The molecule has 0 saturated carbocycles. The van der Waals surface area contributed by atoms with Crippen molar-refractivity contribution in [2.75, 3.05) is 13.1 Å². The third kappa shape index (κ3) is 5.19. The molecule has 0 fully saturated rings. The summed E-state index contributed by atoms with van der Waals surface area (Å²) in [5, 5.41) is 2.62. The summed E-state index contributed by atoms with van der Waals surface area (Å²) in [5.41, 5.74) is 0. The first-order valence-corrected chi connectivity index (χ1v) is 2.25. The van der Waals surface area contributed by atoms with E-state index in [0.29, 0.717) is 6.54 Å². The molecule has 0 aliphatic rings. The van der Waals surface area contributed by atoms with Crippen LogP contribution in [0.4, 0.5) is 4.39 Å². The van der Waals surface area contributed by atoms with Crippen molar-refractivity contribution in [2.24, 2.45) is 0 Å². The lowest BCUT2D eigenvalue weighted by Gasteiger charge is -1.92. The maximum Gasteiger partial charge on any atom is 0.107 e. The molecule has 0 radical (unpaired) electrons. The first-order chi connectivity index (χ1) is 3.77. The molecule has 1 N–H and O–H groups in total. The van der Waals surface area contributed by atoms with E-state index < -0.39 is 0 Å². The van der Waals surface area contributed by atoms with E-state index >= 15 is 0 Å². The minimum atomic E-state index is -0.389. The molecule has 0 aromatic heterocycles. The van der Waals surface area contributed by atoms with Gasteiger partial charge in [0.2, 0.25) is 0 Å². The zero-order valence-corrected chi connectivity index (χ0v) is 4.58. The molecule has 2 heteroatoms. The highest BCUT2D eigenvalue weighted by atomic mass is 19.1. The van der Waals surface area contributed by atoms with E-state index in [9.17, 15) is 4.39 Å². The van der Waals surface area contributed by atoms with Crippen LogP contribution in [0, 0.1) is 12.3 Å². The lowest BCUT2D eigenvalue weighted by atomic mass is 10.5. The summed E-state index contributed by atoms with van der Waals surface area (Å²) in [7, 11) is 0. The van der Waals surface area contributed by atoms with Gasteiger partial charge in [0.1, 0.15) is 5.83 Å². The minimum Gasteiger partial charge on any atom is -0.300 e. The predicted molar refractivity (Wildman–Crippen MR) is 32.0 cm³/mol. The maximum absolute atomic E-state index is 11.7. The van der Waals surface area contributed by atoms with E-state index in [-0.39, 0.29) is 12.4 Å². The van der Waals surface area contributed by atoms with Crippen molar-refractivity contribution in [3.63, 3.8) is 0 Å². The molecule has 8 heavy (non-hydrogen) atoms. The fourth-order valence-electron chi connectivity index (χ4n) is 0.270. The van der Waals surface area contributed by atoms with Gasteiger partial charge in [0.25, 0.3) is 0 Å². The molecule has 0 atom stereocenters. The summed E-state index contributed by atoms with van der Waals surface area (Å²) in [5.74, 6) is 1.92. The van der Waals surface area contributed by atoms with Gasteiger partial charge < -0.3 is 0 Å². The van der Waals surface area contributed by atoms with E-state index in [1.165, 1.54) is 0 Å². The molecule has 44 valence electrons. The number of nitrogens with one attached hydrogen (secondary N) is 1. The standard InChI is InChI=1S/C6H8FN/c1-3-4-8-5-6(2)7/h1,8H,2,4-5H2. The van der Waals surface area contributed by atoms with Crippen molar-refractivity contribution in [2.45, 2.75) is 0 Å². The van der Waals surface area contributed by atoms with Crippen LogP contribution in [0.5, 0.6) is 0 Å². The lowest BCUT2D eigenvalue weighted by Crippen LogP contribution is -2.14. The van der Waals surface area contributed by atoms with Crippen LogP contribution in [-0.4, -0.2) is 13.1 Å². The Morgan fingerprint density at radius 3 is 2.88 bits per heavy atom. The fraction of sp³-hybridized carbons (Fsp3) is 0.333. The molecule has 0 unspecified atom stereocenters. The summed E-state index contributed by atoms with van der Waals surface area (Å²) in [4.78, 5) is 0. The van der Waals surface area contributed by atoms with Crippen LogP contribution in [0.1, 0.15) is 0 Å². The van der Waals surface area contributed by atoms with Gasteiger partial charge in [-0.25, -0.2) is 4.39 Å². The average Bonchev–Trinajstić information content (AvgIpc) is 1.66. The maximum atomic E-state index is 11.7. The van der Waals surface area contributed by atoms with Crippen molar-refractivity contribution in [3.05, 3.63) is 12.4 Å². The molecule has 0 rings (SSSR count). The lowest BCUT2D eigenvalue weighted by molar-refractivity contribution is 0.589. The topological polar surface area (TPSA) is 12.0 Å². The Bertz CT molecular complexity index is 112. The predicted octanol–water partition coefficient (Wildman–Crippen LogP) is 0.692. The number of terminal acetylenes is 1. The van der Waals surface area contributed by atoms with E-state index in [0.717, 1.165) is 0 Å². The number of halogens is 1. The van der Waals surface area contributed by atoms with Gasteiger partial charge in [0.05, 0.1) is 6.54 Å². The van der Waals surface area contributed by atoms with Crippen molar-refractivity contribution in [1.82, 2.24) is 5.32 Å². The number of rotatable bonds is 3. The van der Waals surface area contributed by atoms with Gasteiger partial charge >= 0.3 is 0 Å². The second-order valence-electron chi connectivity index (χ2n) is 1.32. The van der Waals surface area contributed by atoms with E-state index in [4.69, 9.17) is 6.42 Å². The van der Waals surface area contributed by atoms with Crippen LogP contribution in [0.3, 0.4) is 0 Å². The minimum absolute atomic E-state index is 0.157. The van der Waals surface area contributed by atoms with Gasteiger partial charge in [-0.05, 0) is 0 Å². The normalized spacial score (nSPS) is 8.00. The Morgan fingerprint density at radius 1 is 1.88 bits per heavy atom. The summed E-state index contributed by atoms with van der Waals surface area (Å²) < 4.78 is 11.7. The van der Waals surface area contributed by atoms with Crippen molar-refractivity contribution < 1.29 is 4.39 Å². The largest absolute Gasteiger partial charge is 0.300 e. The molecule has 0 heterocycles. The van der Waals surface area contributed by atoms with Gasteiger partial charge in [-0.1, -0.05) is 12.5 Å². The molecule has 0 bridgehead atoms. The van der Waals surface area contributed by atoms with Crippen molar-refractivity contribution in [1.29, 1.82) is 0 Å². The molecule has 0 amide bonds. The van der Waals surface area contributed by atoms with Crippen LogP contribution >= 0.6 is 0 Å². The summed E-state index contributed by atoms with van der Waals surface area (Å²) in [6.45, 7) is 3.58. The molecule has 0 aliphatic carbocycles. The second-order valence-corrected chi connectivity index (χ2v) is 1.32. The quantitative estimate of drug-likeness (QED) is 0.419. The van der Waals surface area contributed by atoms with Crippen LogP contribution in [0.15, 0.2) is 12.4 Å². The number of hydrogen-bond donors (Lipinski definition) is 1. The van der Waals surface area contributed by atoms with Crippen LogP contribution < -0.4 is 5.32 Å². The zero-order chi connectivity index (χ0) is 6.41. The third-order valence-electron chi connectivity index (χ3n) is 0.544. The fourth-order valence-corrected chi connectivity index (χ4v) is 0.270. The smallest absolute Gasteiger partial charge is 0.107 e. The summed E-state index contributed by atoms with van der Waals surface area (Å²) in [6.07, 6.45) is 4.85. The van der Waals surface area contributed by atoms with E-state index in [1.807, 2.05) is 0 Å². The van der Waals surface area contributed by atoms with Crippen LogP contribution in [-0.2, 0) is 0 Å². The summed E-state index contributed by atoms with van der Waals surface area (Å²) >= 11 is 0. The van der Waals surface area contributed by atoms with Gasteiger partial charge in [-0.2, -0.15) is 0 Å². The van der Waals surface area contributed by atoms with Crippen molar-refractivity contribution >= 4 is 0 Å². The first-order valence-electron chi connectivity index (χ1n) is 2.25. The second kappa shape index (κ2) is 4.35. The highest BCUT2D eigenvalue weighted by molar-refractivity contribution is 4.90. The molecule has 1 nitrogen and oxygen atoms in total. The Hall–Kier alpha value is -0.810.